The highest BCUT2D eigenvalue weighted by molar-refractivity contribution is 9.10. The summed E-state index contributed by atoms with van der Waals surface area (Å²) in [5.74, 6) is 5.54. The second kappa shape index (κ2) is 5.37. The smallest absolute Gasteiger partial charge is 0.309 e. The maximum absolute atomic E-state index is 12.3. The number of rotatable bonds is 1. The number of alkyl halides is 3. The number of nitrogens with one attached hydrogen (secondary N) is 1. The molecule has 0 aromatic heterocycles. The summed E-state index contributed by atoms with van der Waals surface area (Å²) >= 11 is 3.07. The maximum Gasteiger partial charge on any atom is 0.416 e. The lowest BCUT2D eigenvalue weighted by Crippen LogP contribution is -2.05. The average molecular weight is 292 g/mol. The van der Waals surface area contributed by atoms with Crippen molar-refractivity contribution in [3.8, 4) is 11.8 Å². The highest BCUT2D eigenvalue weighted by Gasteiger charge is 2.30. The van der Waals surface area contributed by atoms with E-state index in [1.165, 1.54) is 6.07 Å². The minimum atomic E-state index is -4.32. The molecule has 1 nitrogen and oxygen atoms in total. The zero-order valence-corrected chi connectivity index (χ0v) is 10.0. The monoisotopic (exact) mass is 291 g/mol. The van der Waals surface area contributed by atoms with Crippen molar-refractivity contribution in [2.24, 2.45) is 0 Å². The van der Waals surface area contributed by atoms with E-state index < -0.39 is 11.7 Å². The van der Waals surface area contributed by atoms with E-state index in [0.29, 0.717) is 16.6 Å². The minimum Gasteiger partial charge on any atom is -0.309 e. The summed E-state index contributed by atoms with van der Waals surface area (Å²) in [6.07, 6.45) is -4.32. The van der Waals surface area contributed by atoms with Crippen molar-refractivity contribution in [2.45, 2.75) is 6.18 Å². The van der Waals surface area contributed by atoms with E-state index in [1.54, 1.807) is 7.05 Å². The second-order valence-electron chi connectivity index (χ2n) is 3.02. The Labute approximate surface area is 100 Å². The van der Waals surface area contributed by atoms with Crippen molar-refractivity contribution >= 4 is 15.9 Å². The van der Waals surface area contributed by atoms with Crippen molar-refractivity contribution in [2.75, 3.05) is 13.6 Å². The Morgan fingerprint density at radius 2 is 2.06 bits per heavy atom. The molecule has 0 bridgehead atoms. The molecule has 0 atom stereocenters. The van der Waals surface area contributed by atoms with Crippen LogP contribution in [-0.4, -0.2) is 13.6 Å². The van der Waals surface area contributed by atoms with Gasteiger partial charge in [-0.15, -0.1) is 0 Å². The third-order valence-electron chi connectivity index (χ3n) is 1.78. The van der Waals surface area contributed by atoms with Gasteiger partial charge in [0.05, 0.1) is 12.1 Å². The van der Waals surface area contributed by atoms with Crippen LogP contribution in [0.15, 0.2) is 22.7 Å². The van der Waals surface area contributed by atoms with Gasteiger partial charge >= 0.3 is 6.18 Å². The van der Waals surface area contributed by atoms with Crippen molar-refractivity contribution in [3.05, 3.63) is 33.8 Å². The Kier molecular flexibility index (Phi) is 4.39. The Balaban J connectivity index is 2.98. The van der Waals surface area contributed by atoms with Crippen molar-refractivity contribution in [1.82, 2.24) is 5.32 Å². The van der Waals surface area contributed by atoms with Crippen LogP contribution in [0.1, 0.15) is 11.1 Å². The summed E-state index contributed by atoms with van der Waals surface area (Å²) in [6, 6.07) is 3.41. The molecule has 0 fully saturated rings. The van der Waals surface area contributed by atoms with Crippen LogP contribution in [0.3, 0.4) is 0 Å². The van der Waals surface area contributed by atoms with Crippen LogP contribution in [-0.2, 0) is 6.18 Å². The van der Waals surface area contributed by atoms with Gasteiger partial charge in [-0.2, -0.15) is 13.2 Å². The summed E-state index contributed by atoms with van der Waals surface area (Å²) in [7, 11) is 1.75. The molecule has 0 aliphatic carbocycles. The first-order valence-corrected chi connectivity index (χ1v) is 5.24. The van der Waals surface area contributed by atoms with Gasteiger partial charge < -0.3 is 5.32 Å². The second-order valence-corrected chi connectivity index (χ2v) is 3.88. The van der Waals surface area contributed by atoms with Crippen LogP contribution in [0.4, 0.5) is 13.2 Å². The SMILES string of the molecule is CNCC#Cc1ccc(C(F)(F)F)cc1Br. The summed E-state index contributed by atoms with van der Waals surface area (Å²) < 4.78 is 37.4. The van der Waals surface area contributed by atoms with Gasteiger partial charge in [-0.1, -0.05) is 11.8 Å². The van der Waals surface area contributed by atoms with Crippen LogP contribution < -0.4 is 5.32 Å². The summed E-state index contributed by atoms with van der Waals surface area (Å²) in [5.41, 5.74) is -0.137. The molecule has 1 aromatic carbocycles. The molecule has 5 heteroatoms. The summed E-state index contributed by atoms with van der Waals surface area (Å²) in [5, 5.41) is 2.82. The van der Waals surface area contributed by atoms with E-state index >= 15 is 0 Å². The van der Waals surface area contributed by atoms with Crippen LogP contribution in [0, 0.1) is 11.8 Å². The first-order valence-electron chi connectivity index (χ1n) is 4.45. The first-order chi connectivity index (χ1) is 7.45. The third-order valence-corrected chi connectivity index (χ3v) is 2.44. The molecule has 1 N–H and O–H groups in total. The standard InChI is InChI=1S/C11H9BrF3N/c1-16-6-2-3-8-4-5-9(7-10(8)12)11(13,14)15/h4-5,7,16H,6H2,1H3. The molecule has 0 heterocycles. The predicted molar refractivity (Wildman–Crippen MR) is 59.9 cm³/mol. The van der Waals surface area contributed by atoms with E-state index in [0.717, 1.165) is 12.1 Å². The van der Waals surface area contributed by atoms with E-state index in [1.807, 2.05) is 0 Å². The molecule has 0 saturated carbocycles. The van der Waals surface area contributed by atoms with Gasteiger partial charge in [0.25, 0.3) is 0 Å². The molecule has 0 spiro atoms. The molecule has 0 unspecified atom stereocenters. The quantitative estimate of drug-likeness (QED) is 0.785. The zero-order valence-electron chi connectivity index (χ0n) is 8.45. The van der Waals surface area contributed by atoms with Gasteiger partial charge in [-0.25, -0.2) is 0 Å². The van der Waals surface area contributed by atoms with Gasteiger partial charge in [0.2, 0.25) is 0 Å². The van der Waals surface area contributed by atoms with E-state index in [4.69, 9.17) is 0 Å². The topological polar surface area (TPSA) is 12.0 Å². The maximum atomic E-state index is 12.3. The zero-order chi connectivity index (χ0) is 12.2. The molecule has 0 amide bonds. The van der Waals surface area contributed by atoms with Gasteiger partial charge in [0.15, 0.2) is 0 Å². The molecule has 1 rings (SSSR count). The highest BCUT2D eigenvalue weighted by atomic mass is 79.9. The van der Waals surface area contributed by atoms with Crippen molar-refractivity contribution in [3.63, 3.8) is 0 Å². The number of halogens is 4. The lowest BCUT2D eigenvalue weighted by atomic mass is 10.1. The molecule has 0 radical (unpaired) electrons. The van der Waals surface area contributed by atoms with E-state index in [-0.39, 0.29) is 0 Å². The fourth-order valence-electron chi connectivity index (χ4n) is 1.02. The molecular formula is C11H9BrF3N. The average Bonchev–Trinajstić information content (AvgIpc) is 2.19. The number of benzene rings is 1. The Morgan fingerprint density at radius 3 is 2.56 bits per heavy atom. The number of hydrogen-bond acceptors (Lipinski definition) is 1. The molecule has 1 aromatic rings. The fourth-order valence-corrected chi connectivity index (χ4v) is 1.50. The van der Waals surface area contributed by atoms with Crippen LogP contribution in [0.2, 0.25) is 0 Å². The Hall–Kier alpha value is -0.990. The predicted octanol–water partition coefficient (Wildman–Crippen LogP) is 3.04. The molecule has 16 heavy (non-hydrogen) atoms. The summed E-state index contributed by atoms with van der Waals surface area (Å²) in [6.45, 7) is 0.494. The third kappa shape index (κ3) is 3.54. The fraction of sp³-hybridized carbons (Fsp3) is 0.273. The summed E-state index contributed by atoms with van der Waals surface area (Å²) in [4.78, 5) is 0. The first kappa shape index (κ1) is 13.1. The van der Waals surface area contributed by atoms with Crippen LogP contribution in [0.5, 0.6) is 0 Å². The highest BCUT2D eigenvalue weighted by Crippen LogP contribution is 2.31. The molecule has 0 saturated heterocycles. The lowest BCUT2D eigenvalue weighted by Gasteiger charge is -2.07. The Morgan fingerprint density at radius 1 is 1.38 bits per heavy atom. The molecular weight excluding hydrogens is 283 g/mol. The Bertz CT molecular complexity index is 429. The molecule has 86 valence electrons. The van der Waals surface area contributed by atoms with Gasteiger partial charge in [0, 0.05) is 10.0 Å². The van der Waals surface area contributed by atoms with Gasteiger partial charge in [0.1, 0.15) is 0 Å². The van der Waals surface area contributed by atoms with Crippen molar-refractivity contribution in [1.29, 1.82) is 0 Å². The van der Waals surface area contributed by atoms with Gasteiger partial charge in [-0.3, -0.25) is 0 Å². The van der Waals surface area contributed by atoms with Gasteiger partial charge in [-0.05, 0) is 41.2 Å². The van der Waals surface area contributed by atoms with Crippen LogP contribution >= 0.6 is 15.9 Å². The molecule has 0 aliphatic rings. The minimum absolute atomic E-state index is 0.353. The largest absolute Gasteiger partial charge is 0.416 e. The lowest BCUT2D eigenvalue weighted by molar-refractivity contribution is -0.137. The van der Waals surface area contributed by atoms with Crippen LogP contribution in [0.25, 0.3) is 0 Å². The van der Waals surface area contributed by atoms with E-state index in [2.05, 4.69) is 33.1 Å². The normalized spacial score (nSPS) is 10.8. The molecule has 0 aliphatic heterocycles. The number of hydrogen-bond donors (Lipinski definition) is 1. The van der Waals surface area contributed by atoms with E-state index in [9.17, 15) is 13.2 Å². The van der Waals surface area contributed by atoms with Crippen molar-refractivity contribution < 1.29 is 13.2 Å².